The molecule has 20 heavy (non-hydrogen) atoms. The molecule has 2 aromatic heterocycles. The Balaban J connectivity index is 1.53. The predicted molar refractivity (Wildman–Crippen MR) is 79.3 cm³/mol. The predicted octanol–water partition coefficient (Wildman–Crippen LogP) is 2.48. The van der Waals surface area contributed by atoms with E-state index in [1.165, 1.54) is 0 Å². The average Bonchev–Trinajstić information content (AvgIpc) is 3.01. The fourth-order valence-electron chi connectivity index (χ4n) is 2.76. The molecule has 0 bridgehead atoms. The van der Waals surface area contributed by atoms with Gasteiger partial charge in [-0.2, -0.15) is 0 Å². The van der Waals surface area contributed by atoms with Gasteiger partial charge in [-0.1, -0.05) is 6.07 Å². The summed E-state index contributed by atoms with van der Waals surface area (Å²) in [5.41, 5.74) is 3.83. The number of likely N-dealkylation sites (tertiary alicyclic amines) is 1. The SMILES string of the molecule is OC(c1ccccn1)C1CCN(Cc2cscn2)CC1. The van der Waals surface area contributed by atoms with E-state index in [4.69, 9.17) is 0 Å². The largest absolute Gasteiger partial charge is 0.387 e. The Morgan fingerprint density at radius 3 is 2.80 bits per heavy atom. The van der Waals surface area contributed by atoms with E-state index in [2.05, 4.69) is 20.2 Å². The molecule has 0 spiro atoms. The molecule has 0 aromatic carbocycles. The van der Waals surface area contributed by atoms with E-state index in [-0.39, 0.29) is 0 Å². The number of aromatic nitrogens is 2. The number of thiazole rings is 1. The Bertz CT molecular complexity index is 509. The van der Waals surface area contributed by atoms with E-state index in [1.807, 2.05) is 23.7 Å². The van der Waals surface area contributed by atoms with Gasteiger partial charge in [0.25, 0.3) is 0 Å². The minimum absolute atomic E-state index is 0.316. The fraction of sp³-hybridized carbons (Fsp3) is 0.467. The average molecular weight is 289 g/mol. The van der Waals surface area contributed by atoms with Crippen LogP contribution in [0.25, 0.3) is 0 Å². The van der Waals surface area contributed by atoms with Crippen LogP contribution in [0.5, 0.6) is 0 Å². The van der Waals surface area contributed by atoms with Gasteiger partial charge in [0.05, 0.1) is 23.0 Å². The van der Waals surface area contributed by atoms with Crippen LogP contribution >= 0.6 is 11.3 Å². The number of aliphatic hydroxyl groups is 1. The van der Waals surface area contributed by atoms with E-state index in [0.717, 1.165) is 43.9 Å². The molecule has 1 unspecified atom stereocenters. The maximum atomic E-state index is 10.4. The van der Waals surface area contributed by atoms with Crippen molar-refractivity contribution in [2.75, 3.05) is 13.1 Å². The maximum Gasteiger partial charge on any atom is 0.0988 e. The van der Waals surface area contributed by atoms with Crippen LogP contribution in [0.2, 0.25) is 0 Å². The van der Waals surface area contributed by atoms with Gasteiger partial charge in [0, 0.05) is 18.1 Å². The first-order valence-electron chi connectivity index (χ1n) is 7.01. The van der Waals surface area contributed by atoms with Crippen molar-refractivity contribution in [2.24, 2.45) is 5.92 Å². The lowest BCUT2D eigenvalue weighted by atomic mass is 9.89. The Labute approximate surface area is 123 Å². The van der Waals surface area contributed by atoms with Gasteiger partial charge < -0.3 is 5.11 Å². The Morgan fingerprint density at radius 2 is 2.15 bits per heavy atom. The zero-order valence-corrected chi connectivity index (χ0v) is 12.2. The number of aliphatic hydroxyl groups excluding tert-OH is 1. The second-order valence-electron chi connectivity index (χ2n) is 5.29. The van der Waals surface area contributed by atoms with Crippen molar-refractivity contribution in [3.05, 3.63) is 46.7 Å². The van der Waals surface area contributed by atoms with Gasteiger partial charge in [-0.25, -0.2) is 4.98 Å². The molecule has 3 heterocycles. The molecule has 1 aliphatic rings. The first-order valence-corrected chi connectivity index (χ1v) is 7.95. The lowest BCUT2D eigenvalue weighted by Crippen LogP contribution is -2.35. The number of piperidine rings is 1. The summed E-state index contributed by atoms with van der Waals surface area (Å²) in [6, 6.07) is 5.72. The molecule has 0 radical (unpaired) electrons. The Morgan fingerprint density at radius 1 is 1.30 bits per heavy atom. The highest BCUT2D eigenvalue weighted by Crippen LogP contribution is 2.30. The third-order valence-electron chi connectivity index (χ3n) is 3.94. The molecule has 106 valence electrons. The first kappa shape index (κ1) is 13.7. The minimum Gasteiger partial charge on any atom is -0.387 e. The molecule has 1 fully saturated rings. The number of rotatable bonds is 4. The van der Waals surface area contributed by atoms with Crippen LogP contribution in [-0.2, 0) is 6.54 Å². The maximum absolute atomic E-state index is 10.4. The molecule has 2 aromatic rings. The highest BCUT2D eigenvalue weighted by atomic mass is 32.1. The summed E-state index contributed by atoms with van der Waals surface area (Å²) in [6.45, 7) is 2.97. The van der Waals surface area contributed by atoms with Crippen molar-refractivity contribution in [1.82, 2.24) is 14.9 Å². The molecule has 0 amide bonds. The molecule has 1 N–H and O–H groups in total. The van der Waals surface area contributed by atoms with Crippen LogP contribution in [0.4, 0.5) is 0 Å². The summed E-state index contributed by atoms with van der Waals surface area (Å²) in [5, 5.41) is 12.5. The van der Waals surface area contributed by atoms with Crippen LogP contribution in [0.3, 0.4) is 0 Å². The third kappa shape index (κ3) is 3.23. The zero-order chi connectivity index (χ0) is 13.8. The third-order valence-corrected chi connectivity index (χ3v) is 4.57. The van der Waals surface area contributed by atoms with Crippen LogP contribution in [0, 0.1) is 5.92 Å². The number of pyridine rings is 1. The van der Waals surface area contributed by atoms with Gasteiger partial charge >= 0.3 is 0 Å². The summed E-state index contributed by atoms with van der Waals surface area (Å²) in [6.07, 6.45) is 3.34. The van der Waals surface area contributed by atoms with E-state index in [1.54, 1.807) is 17.5 Å². The molecule has 5 heteroatoms. The van der Waals surface area contributed by atoms with Gasteiger partial charge in [-0.15, -0.1) is 11.3 Å². The quantitative estimate of drug-likeness (QED) is 0.939. The lowest BCUT2D eigenvalue weighted by molar-refractivity contribution is 0.0537. The van der Waals surface area contributed by atoms with Gasteiger partial charge in [-0.05, 0) is 44.0 Å². The Hall–Kier alpha value is -1.30. The number of hydrogen-bond donors (Lipinski definition) is 1. The molecule has 0 saturated carbocycles. The van der Waals surface area contributed by atoms with Crippen molar-refractivity contribution >= 4 is 11.3 Å². The molecule has 1 aliphatic heterocycles. The van der Waals surface area contributed by atoms with Gasteiger partial charge in [0.1, 0.15) is 0 Å². The van der Waals surface area contributed by atoms with Crippen molar-refractivity contribution in [1.29, 1.82) is 0 Å². The smallest absolute Gasteiger partial charge is 0.0988 e. The lowest BCUT2D eigenvalue weighted by Gasteiger charge is -2.33. The number of nitrogens with zero attached hydrogens (tertiary/aromatic N) is 3. The first-order chi connectivity index (χ1) is 9.83. The summed E-state index contributed by atoms with van der Waals surface area (Å²) in [7, 11) is 0. The highest BCUT2D eigenvalue weighted by Gasteiger charge is 2.26. The van der Waals surface area contributed by atoms with Crippen LogP contribution in [-0.4, -0.2) is 33.1 Å². The zero-order valence-electron chi connectivity index (χ0n) is 11.4. The number of hydrogen-bond acceptors (Lipinski definition) is 5. The van der Waals surface area contributed by atoms with Crippen molar-refractivity contribution < 1.29 is 5.11 Å². The molecular weight excluding hydrogens is 270 g/mol. The minimum atomic E-state index is -0.433. The van der Waals surface area contributed by atoms with Crippen LogP contribution in [0.1, 0.15) is 30.3 Å². The fourth-order valence-corrected chi connectivity index (χ4v) is 3.31. The second kappa shape index (κ2) is 6.43. The Kier molecular flexibility index (Phi) is 4.40. The molecule has 1 saturated heterocycles. The summed E-state index contributed by atoms with van der Waals surface area (Å²) < 4.78 is 0. The summed E-state index contributed by atoms with van der Waals surface area (Å²) in [4.78, 5) is 11.0. The summed E-state index contributed by atoms with van der Waals surface area (Å²) in [5.74, 6) is 0.316. The highest BCUT2D eigenvalue weighted by molar-refractivity contribution is 7.07. The van der Waals surface area contributed by atoms with Crippen LogP contribution in [0.15, 0.2) is 35.3 Å². The molecule has 4 nitrogen and oxygen atoms in total. The second-order valence-corrected chi connectivity index (χ2v) is 6.01. The van der Waals surface area contributed by atoms with Crippen molar-refractivity contribution in [2.45, 2.75) is 25.5 Å². The van der Waals surface area contributed by atoms with E-state index in [9.17, 15) is 5.11 Å². The van der Waals surface area contributed by atoms with E-state index >= 15 is 0 Å². The molecule has 0 aliphatic carbocycles. The monoisotopic (exact) mass is 289 g/mol. The normalized spacial score (nSPS) is 19.1. The standard InChI is InChI=1S/C15H19N3OS/c19-15(14-3-1-2-6-16-14)12-4-7-18(8-5-12)9-13-10-20-11-17-13/h1-3,6,10-12,15,19H,4-5,7-9H2. The molecular formula is C15H19N3OS. The molecule has 3 rings (SSSR count). The topological polar surface area (TPSA) is 49.3 Å². The summed E-state index contributed by atoms with van der Waals surface area (Å²) >= 11 is 1.64. The van der Waals surface area contributed by atoms with E-state index in [0.29, 0.717) is 5.92 Å². The molecule has 1 atom stereocenters. The van der Waals surface area contributed by atoms with Crippen LogP contribution < -0.4 is 0 Å². The van der Waals surface area contributed by atoms with E-state index < -0.39 is 6.10 Å². The van der Waals surface area contributed by atoms with Gasteiger partial charge in [0.2, 0.25) is 0 Å². The van der Waals surface area contributed by atoms with Gasteiger partial charge in [-0.3, -0.25) is 9.88 Å². The van der Waals surface area contributed by atoms with Gasteiger partial charge in [0.15, 0.2) is 0 Å². The van der Waals surface area contributed by atoms with Crippen molar-refractivity contribution in [3.63, 3.8) is 0 Å². The van der Waals surface area contributed by atoms with Crippen molar-refractivity contribution in [3.8, 4) is 0 Å².